The number of fused-ring (bicyclic) bond motifs is 1. The summed E-state index contributed by atoms with van der Waals surface area (Å²) in [5.74, 6) is 0.409. The minimum Gasteiger partial charge on any atom is -0.508 e. The first-order valence-corrected chi connectivity index (χ1v) is 4.14. The Hall–Kier alpha value is -1.02. The van der Waals surface area contributed by atoms with Crippen LogP contribution in [0.1, 0.15) is 11.1 Å². The molecule has 1 aromatic rings. The van der Waals surface area contributed by atoms with Gasteiger partial charge >= 0.3 is 0 Å². The molecule has 1 atom stereocenters. The van der Waals surface area contributed by atoms with Gasteiger partial charge in [-0.3, -0.25) is 0 Å². The molecule has 2 heteroatoms. The number of aromatic hydroxyl groups is 1. The molecule has 0 saturated carbocycles. The van der Waals surface area contributed by atoms with E-state index >= 15 is 0 Å². The Morgan fingerprint density at radius 3 is 2.92 bits per heavy atom. The fourth-order valence-electron chi connectivity index (χ4n) is 1.76. The van der Waals surface area contributed by atoms with Gasteiger partial charge in [0.25, 0.3) is 0 Å². The highest BCUT2D eigenvalue weighted by atomic mass is 16.5. The summed E-state index contributed by atoms with van der Waals surface area (Å²) in [7, 11) is 1.72. The normalized spacial score (nSPS) is 20.9. The fourth-order valence-corrected chi connectivity index (χ4v) is 1.76. The van der Waals surface area contributed by atoms with Crippen LogP contribution in [-0.2, 0) is 17.6 Å². The maximum absolute atomic E-state index is 9.49. The van der Waals surface area contributed by atoms with Crippen LogP contribution in [0.3, 0.4) is 0 Å². The fraction of sp³-hybridized carbons (Fsp3) is 0.400. The van der Waals surface area contributed by atoms with Crippen molar-refractivity contribution < 1.29 is 9.84 Å². The Morgan fingerprint density at radius 2 is 2.25 bits per heavy atom. The van der Waals surface area contributed by atoms with Gasteiger partial charge in [0.1, 0.15) is 5.75 Å². The quantitative estimate of drug-likeness (QED) is 0.681. The van der Waals surface area contributed by atoms with Crippen molar-refractivity contribution in [2.45, 2.75) is 18.9 Å². The molecule has 1 N–H and O–H groups in total. The van der Waals surface area contributed by atoms with Crippen molar-refractivity contribution in [1.29, 1.82) is 0 Å². The summed E-state index contributed by atoms with van der Waals surface area (Å²) in [5, 5.41) is 9.49. The summed E-state index contributed by atoms with van der Waals surface area (Å²) in [6.07, 6.45) is 2.03. The van der Waals surface area contributed by atoms with Crippen LogP contribution >= 0.6 is 0 Å². The molecule has 1 aromatic carbocycles. The molecule has 0 bridgehead atoms. The van der Waals surface area contributed by atoms with E-state index in [4.69, 9.17) is 4.74 Å². The molecule has 12 heavy (non-hydrogen) atoms. The SMILES string of the molecule is COC1Cc2cccc(O)c2C1. The molecule has 0 aromatic heterocycles. The zero-order valence-electron chi connectivity index (χ0n) is 7.08. The van der Waals surface area contributed by atoms with Crippen LogP contribution in [0.5, 0.6) is 5.75 Å². The molecule has 1 unspecified atom stereocenters. The molecule has 0 heterocycles. The second kappa shape index (κ2) is 2.79. The van der Waals surface area contributed by atoms with Crippen molar-refractivity contribution in [3.63, 3.8) is 0 Å². The van der Waals surface area contributed by atoms with Crippen molar-refractivity contribution in [3.05, 3.63) is 29.3 Å². The number of phenols is 1. The van der Waals surface area contributed by atoms with E-state index in [-0.39, 0.29) is 6.10 Å². The van der Waals surface area contributed by atoms with Gasteiger partial charge in [-0.05, 0) is 23.6 Å². The lowest BCUT2D eigenvalue weighted by atomic mass is 10.1. The molecule has 0 fully saturated rings. The molecule has 2 nitrogen and oxygen atoms in total. The van der Waals surface area contributed by atoms with Crippen LogP contribution < -0.4 is 0 Å². The van der Waals surface area contributed by atoms with E-state index in [9.17, 15) is 5.11 Å². The predicted molar refractivity (Wildman–Crippen MR) is 46.3 cm³/mol. The Morgan fingerprint density at radius 1 is 1.42 bits per heavy atom. The molecular formula is C10H12O2. The van der Waals surface area contributed by atoms with Gasteiger partial charge in [-0.25, -0.2) is 0 Å². The molecular weight excluding hydrogens is 152 g/mol. The van der Waals surface area contributed by atoms with E-state index in [1.54, 1.807) is 13.2 Å². The maximum Gasteiger partial charge on any atom is 0.119 e. The zero-order chi connectivity index (χ0) is 8.55. The molecule has 64 valence electrons. The highest BCUT2D eigenvalue weighted by Crippen LogP contribution is 2.30. The predicted octanol–water partition coefficient (Wildman–Crippen LogP) is 1.51. The van der Waals surface area contributed by atoms with Crippen LogP contribution in [-0.4, -0.2) is 18.3 Å². The van der Waals surface area contributed by atoms with E-state index in [0.717, 1.165) is 18.4 Å². The summed E-state index contributed by atoms with van der Waals surface area (Å²) >= 11 is 0. The molecule has 0 radical (unpaired) electrons. The van der Waals surface area contributed by atoms with Gasteiger partial charge in [-0.2, -0.15) is 0 Å². The summed E-state index contributed by atoms with van der Waals surface area (Å²) in [5.41, 5.74) is 2.28. The average Bonchev–Trinajstić information content (AvgIpc) is 2.49. The summed E-state index contributed by atoms with van der Waals surface area (Å²) in [4.78, 5) is 0. The average molecular weight is 164 g/mol. The number of hydrogen-bond acceptors (Lipinski definition) is 2. The van der Waals surface area contributed by atoms with Gasteiger partial charge in [0, 0.05) is 13.5 Å². The van der Waals surface area contributed by atoms with Gasteiger partial charge in [-0.15, -0.1) is 0 Å². The lowest BCUT2D eigenvalue weighted by molar-refractivity contribution is 0.112. The molecule has 1 aliphatic rings. The molecule has 0 amide bonds. The summed E-state index contributed by atoms with van der Waals surface area (Å²) < 4.78 is 5.24. The van der Waals surface area contributed by atoms with Crippen LogP contribution in [0.4, 0.5) is 0 Å². The van der Waals surface area contributed by atoms with Crippen molar-refractivity contribution in [2.75, 3.05) is 7.11 Å². The van der Waals surface area contributed by atoms with Gasteiger partial charge in [-0.1, -0.05) is 12.1 Å². The highest BCUT2D eigenvalue weighted by molar-refractivity contribution is 5.43. The Labute approximate surface area is 71.8 Å². The van der Waals surface area contributed by atoms with Crippen LogP contribution in [0.15, 0.2) is 18.2 Å². The van der Waals surface area contributed by atoms with E-state index in [0.29, 0.717) is 5.75 Å². The number of rotatable bonds is 1. The monoisotopic (exact) mass is 164 g/mol. The van der Waals surface area contributed by atoms with Crippen molar-refractivity contribution >= 4 is 0 Å². The third-order valence-electron chi connectivity index (χ3n) is 2.46. The molecule has 1 aliphatic carbocycles. The number of hydrogen-bond donors (Lipinski definition) is 1. The second-order valence-electron chi connectivity index (χ2n) is 3.18. The minimum absolute atomic E-state index is 0.258. The zero-order valence-corrected chi connectivity index (χ0v) is 7.08. The summed E-state index contributed by atoms with van der Waals surface area (Å²) in [6, 6.07) is 5.66. The maximum atomic E-state index is 9.49. The lowest BCUT2D eigenvalue weighted by Crippen LogP contribution is -2.08. The Kier molecular flexibility index (Phi) is 1.77. The first-order chi connectivity index (χ1) is 5.81. The van der Waals surface area contributed by atoms with Gasteiger partial charge in [0.2, 0.25) is 0 Å². The Bertz CT molecular complexity index is 294. The first kappa shape index (κ1) is 7.62. The van der Waals surface area contributed by atoms with Gasteiger partial charge < -0.3 is 9.84 Å². The first-order valence-electron chi connectivity index (χ1n) is 4.14. The third kappa shape index (κ3) is 1.08. The van der Waals surface area contributed by atoms with Crippen molar-refractivity contribution in [2.24, 2.45) is 0 Å². The molecule has 0 spiro atoms. The van der Waals surface area contributed by atoms with Crippen LogP contribution in [0, 0.1) is 0 Å². The largest absolute Gasteiger partial charge is 0.508 e. The lowest BCUT2D eigenvalue weighted by Gasteiger charge is -2.03. The minimum atomic E-state index is 0.258. The van der Waals surface area contributed by atoms with Gasteiger partial charge in [0.05, 0.1) is 6.10 Å². The van der Waals surface area contributed by atoms with E-state index in [1.807, 2.05) is 12.1 Å². The third-order valence-corrected chi connectivity index (χ3v) is 2.46. The van der Waals surface area contributed by atoms with Crippen molar-refractivity contribution in [1.82, 2.24) is 0 Å². The van der Waals surface area contributed by atoms with Gasteiger partial charge in [0.15, 0.2) is 0 Å². The molecule has 0 saturated heterocycles. The highest BCUT2D eigenvalue weighted by Gasteiger charge is 2.22. The van der Waals surface area contributed by atoms with E-state index in [2.05, 4.69) is 0 Å². The number of benzene rings is 1. The van der Waals surface area contributed by atoms with E-state index < -0.39 is 0 Å². The second-order valence-corrected chi connectivity index (χ2v) is 3.18. The van der Waals surface area contributed by atoms with E-state index in [1.165, 1.54) is 5.56 Å². The Balaban J connectivity index is 2.35. The summed E-state index contributed by atoms with van der Waals surface area (Å²) in [6.45, 7) is 0. The smallest absolute Gasteiger partial charge is 0.119 e. The topological polar surface area (TPSA) is 29.5 Å². The molecule has 2 rings (SSSR count). The molecule has 0 aliphatic heterocycles. The standard InChI is InChI=1S/C10H12O2/c1-12-8-5-7-3-2-4-10(11)9(7)6-8/h2-4,8,11H,5-6H2,1H3. The van der Waals surface area contributed by atoms with Crippen LogP contribution in [0.25, 0.3) is 0 Å². The van der Waals surface area contributed by atoms with Crippen LogP contribution in [0.2, 0.25) is 0 Å². The van der Waals surface area contributed by atoms with Crippen molar-refractivity contribution in [3.8, 4) is 5.75 Å². The number of methoxy groups -OCH3 is 1. The number of ether oxygens (including phenoxy) is 1. The number of phenolic OH excluding ortho intramolecular Hbond substituents is 1.